The van der Waals surface area contributed by atoms with Crippen molar-refractivity contribution in [3.05, 3.63) is 29.1 Å². The van der Waals surface area contributed by atoms with Crippen molar-refractivity contribution in [2.45, 2.75) is 51.1 Å². The van der Waals surface area contributed by atoms with E-state index in [-0.39, 0.29) is 23.0 Å². The molecule has 1 aliphatic carbocycles. The average Bonchev–Trinajstić information content (AvgIpc) is 3.22. The summed E-state index contributed by atoms with van der Waals surface area (Å²) in [6.45, 7) is 5.81. The Morgan fingerprint density at radius 1 is 1.38 bits per heavy atom. The maximum atomic E-state index is 13.9. The molecule has 4 nitrogen and oxygen atoms in total. The van der Waals surface area contributed by atoms with Crippen LogP contribution in [0.25, 0.3) is 0 Å². The van der Waals surface area contributed by atoms with E-state index in [1.54, 1.807) is 6.92 Å². The summed E-state index contributed by atoms with van der Waals surface area (Å²) in [7, 11) is -3.62. The summed E-state index contributed by atoms with van der Waals surface area (Å²) in [5, 5.41) is 0. The maximum absolute atomic E-state index is 13.9. The van der Waals surface area contributed by atoms with Gasteiger partial charge in [0.25, 0.3) is 0 Å². The summed E-state index contributed by atoms with van der Waals surface area (Å²) in [6, 6.07) is 2.63. The number of rotatable bonds is 6. The van der Waals surface area contributed by atoms with Crippen molar-refractivity contribution in [1.29, 1.82) is 0 Å². The van der Waals surface area contributed by atoms with Crippen LogP contribution in [0.15, 0.2) is 17.0 Å². The number of hydrogen-bond acceptors (Lipinski definition) is 3. The molecule has 2 rings (SSSR count). The Bertz CT molecular complexity index is 625. The Labute approximate surface area is 126 Å². The molecule has 0 unspecified atom stereocenters. The van der Waals surface area contributed by atoms with E-state index >= 15 is 0 Å². The van der Waals surface area contributed by atoms with E-state index in [0.29, 0.717) is 18.0 Å². The fourth-order valence-corrected chi connectivity index (χ4v) is 4.23. The van der Waals surface area contributed by atoms with Gasteiger partial charge in [0.2, 0.25) is 10.0 Å². The van der Waals surface area contributed by atoms with Crippen molar-refractivity contribution in [1.82, 2.24) is 4.31 Å². The predicted molar refractivity (Wildman–Crippen MR) is 80.8 cm³/mol. The van der Waals surface area contributed by atoms with Gasteiger partial charge >= 0.3 is 0 Å². The van der Waals surface area contributed by atoms with Gasteiger partial charge in [0.15, 0.2) is 0 Å². The lowest BCUT2D eigenvalue weighted by atomic mass is 10.1. The number of aryl methyl sites for hydroxylation is 1. The molecule has 1 aromatic rings. The molecule has 1 aliphatic rings. The summed E-state index contributed by atoms with van der Waals surface area (Å²) in [5.41, 5.74) is 6.06. The van der Waals surface area contributed by atoms with Crippen molar-refractivity contribution >= 4 is 10.0 Å². The summed E-state index contributed by atoms with van der Waals surface area (Å²) in [6.07, 6.45) is 2.16. The van der Waals surface area contributed by atoms with Gasteiger partial charge in [-0.25, -0.2) is 12.8 Å². The smallest absolute Gasteiger partial charge is 0.243 e. The Hall–Kier alpha value is -0.980. The molecule has 0 radical (unpaired) electrons. The van der Waals surface area contributed by atoms with Gasteiger partial charge in [-0.1, -0.05) is 0 Å². The van der Waals surface area contributed by atoms with E-state index in [1.165, 1.54) is 16.4 Å². The van der Waals surface area contributed by atoms with E-state index in [9.17, 15) is 12.8 Å². The lowest BCUT2D eigenvalue weighted by Gasteiger charge is -2.26. The van der Waals surface area contributed by atoms with Crippen LogP contribution in [0, 0.1) is 18.7 Å². The molecule has 0 amide bonds. The maximum Gasteiger partial charge on any atom is 0.243 e. The fraction of sp³-hybridized carbons (Fsp3) is 0.600. The van der Waals surface area contributed by atoms with Gasteiger partial charge in [-0.15, -0.1) is 0 Å². The molecular formula is C15H23FN2O2S. The molecule has 0 aromatic heterocycles. The van der Waals surface area contributed by atoms with E-state index < -0.39 is 15.8 Å². The first kappa shape index (κ1) is 16.4. The van der Waals surface area contributed by atoms with Crippen LogP contribution in [0.1, 0.15) is 37.8 Å². The molecule has 21 heavy (non-hydrogen) atoms. The van der Waals surface area contributed by atoms with Crippen LogP contribution in [-0.4, -0.2) is 25.3 Å². The van der Waals surface area contributed by atoms with Crippen LogP contribution in [0.4, 0.5) is 4.39 Å². The Morgan fingerprint density at radius 2 is 2.00 bits per heavy atom. The number of halogens is 1. The number of hydrogen-bond donors (Lipinski definition) is 1. The third-order valence-corrected chi connectivity index (χ3v) is 5.86. The second-order valence-electron chi connectivity index (χ2n) is 6.03. The molecule has 118 valence electrons. The Morgan fingerprint density at radius 3 is 2.48 bits per heavy atom. The van der Waals surface area contributed by atoms with E-state index in [4.69, 9.17) is 5.73 Å². The molecular weight excluding hydrogens is 291 g/mol. The topological polar surface area (TPSA) is 63.4 Å². The molecule has 1 saturated carbocycles. The van der Waals surface area contributed by atoms with Crippen molar-refractivity contribution in [3.8, 4) is 0 Å². The van der Waals surface area contributed by atoms with Gasteiger partial charge in [0.1, 0.15) is 5.82 Å². The molecule has 2 N–H and O–H groups in total. The summed E-state index contributed by atoms with van der Waals surface area (Å²) >= 11 is 0. The van der Waals surface area contributed by atoms with Gasteiger partial charge < -0.3 is 5.73 Å². The molecule has 0 saturated heterocycles. The van der Waals surface area contributed by atoms with Crippen molar-refractivity contribution in [2.24, 2.45) is 11.7 Å². The molecule has 0 aliphatic heterocycles. The zero-order valence-electron chi connectivity index (χ0n) is 12.8. The number of nitrogens with zero attached hydrogens (tertiary/aromatic N) is 1. The predicted octanol–water partition coefficient (Wildman–Crippen LogP) is 2.40. The minimum atomic E-state index is -3.62. The third kappa shape index (κ3) is 3.44. The lowest BCUT2D eigenvalue weighted by Crippen LogP contribution is -2.38. The monoisotopic (exact) mass is 314 g/mol. The zero-order valence-corrected chi connectivity index (χ0v) is 13.6. The van der Waals surface area contributed by atoms with Crippen molar-refractivity contribution in [3.63, 3.8) is 0 Å². The van der Waals surface area contributed by atoms with Crippen LogP contribution in [-0.2, 0) is 16.6 Å². The van der Waals surface area contributed by atoms with E-state index in [1.807, 2.05) is 13.8 Å². The zero-order chi connectivity index (χ0) is 15.8. The van der Waals surface area contributed by atoms with Gasteiger partial charge in [0.05, 0.1) is 4.90 Å². The summed E-state index contributed by atoms with van der Waals surface area (Å²) in [4.78, 5) is 0.135. The second-order valence-corrected chi connectivity index (χ2v) is 7.92. The van der Waals surface area contributed by atoms with Crippen LogP contribution >= 0.6 is 0 Å². The van der Waals surface area contributed by atoms with Gasteiger partial charge in [-0.05, 0) is 57.2 Å². The highest BCUT2D eigenvalue weighted by molar-refractivity contribution is 7.89. The fourth-order valence-electron chi connectivity index (χ4n) is 2.38. The van der Waals surface area contributed by atoms with Gasteiger partial charge in [-0.3, -0.25) is 0 Å². The number of nitrogens with two attached hydrogens (primary N) is 1. The molecule has 1 aromatic carbocycles. The second kappa shape index (κ2) is 6.02. The quantitative estimate of drug-likeness (QED) is 0.877. The molecule has 6 heteroatoms. The minimum Gasteiger partial charge on any atom is -0.326 e. The average molecular weight is 314 g/mol. The first-order valence-corrected chi connectivity index (χ1v) is 8.72. The summed E-state index contributed by atoms with van der Waals surface area (Å²) in [5.74, 6) is 0.0347. The normalized spacial score (nSPS) is 16.0. The standard InChI is InChI=1S/C15H23FN2O2S/c1-10(2)18(9-12-4-5-12)21(19,20)14-6-11(3)15(16)13(7-14)8-17/h6-7,10,12H,4-5,8-9,17H2,1-3H3. The van der Waals surface area contributed by atoms with E-state index in [0.717, 1.165) is 12.8 Å². The first-order chi connectivity index (χ1) is 9.77. The molecule has 0 atom stereocenters. The number of sulfonamides is 1. The highest BCUT2D eigenvalue weighted by atomic mass is 32.2. The van der Waals surface area contributed by atoms with Crippen LogP contribution in [0.3, 0.4) is 0 Å². The highest BCUT2D eigenvalue weighted by Crippen LogP contribution is 2.33. The van der Waals surface area contributed by atoms with Gasteiger partial charge in [0, 0.05) is 24.7 Å². The molecule has 0 bridgehead atoms. The van der Waals surface area contributed by atoms with Crippen LogP contribution in [0.2, 0.25) is 0 Å². The van der Waals surface area contributed by atoms with Gasteiger partial charge in [-0.2, -0.15) is 4.31 Å². The molecule has 1 fully saturated rings. The molecule has 0 heterocycles. The Balaban J connectivity index is 2.43. The highest BCUT2D eigenvalue weighted by Gasteiger charge is 2.33. The van der Waals surface area contributed by atoms with Crippen LogP contribution in [0.5, 0.6) is 0 Å². The Kier molecular flexibility index (Phi) is 4.70. The largest absolute Gasteiger partial charge is 0.326 e. The van der Waals surface area contributed by atoms with Crippen LogP contribution < -0.4 is 5.73 Å². The lowest BCUT2D eigenvalue weighted by molar-refractivity contribution is 0.341. The van der Waals surface area contributed by atoms with E-state index in [2.05, 4.69) is 0 Å². The van der Waals surface area contributed by atoms with Crippen molar-refractivity contribution in [2.75, 3.05) is 6.54 Å². The van der Waals surface area contributed by atoms with Crippen molar-refractivity contribution < 1.29 is 12.8 Å². The SMILES string of the molecule is Cc1cc(S(=O)(=O)N(CC2CC2)C(C)C)cc(CN)c1F. The summed E-state index contributed by atoms with van der Waals surface area (Å²) < 4.78 is 41.0. The number of benzene rings is 1. The first-order valence-electron chi connectivity index (χ1n) is 7.28. The minimum absolute atomic E-state index is 0.0136. The third-order valence-electron chi connectivity index (χ3n) is 3.84. The molecule has 0 spiro atoms.